The lowest BCUT2D eigenvalue weighted by Gasteiger charge is -2.19. The number of nitrogens with zero attached hydrogens (tertiary/aromatic N) is 3. The number of hydrogen-bond donors (Lipinski definition) is 0. The lowest BCUT2D eigenvalue weighted by molar-refractivity contribution is -0.385. The van der Waals surface area contributed by atoms with E-state index in [1.165, 1.54) is 6.07 Å². The van der Waals surface area contributed by atoms with Crippen molar-refractivity contribution in [3.8, 4) is 6.07 Å². The summed E-state index contributed by atoms with van der Waals surface area (Å²) in [5, 5.41) is 19.6. The summed E-state index contributed by atoms with van der Waals surface area (Å²) in [5.74, 6) is 0. The maximum Gasteiger partial charge on any atom is 0.287 e. The zero-order valence-corrected chi connectivity index (χ0v) is 10.7. The van der Waals surface area contributed by atoms with Crippen molar-refractivity contribution in [2.75, 3.05) is 18.5 Å². The predicted octanol–water partition coefficient (Wildman–Crippen LogP) is 3.09. The third-order valence-electron chi connectivity index (χ3n) is 2.84. The molecule has 5 heteroatoms. The molecule has 0 fully saturated rings. The fraction of sp³-hybridized carbons (Fsp3) is 0.462. The molecule has 0 atom stereocenters. The Morgan fingerprint density at radius 1 is 1.44 bits per heavy atom. The van der Waals surface area contributed by atoms with Crippen LogP contribution in [0.2, 0.25) is 0 Å². The molecule has 18 heavy (non-hydrogen) atoms. The monoisotopic (exact) mass is 247 g/mol. The van der Waals surface area contributed by atoms with Crippen LogP contribution in [-0.4, -0.2) is 18.5 Å². The molecule has 0 aliphatic carbocycles. The van der Waals surface area contributed by atoms with Gasteiger partial charge in [0.1, 0.15) is 11.6 Å². The molecule has 0 bridgehead atoms. The second kappa shape index (κ2) is 6.60. The molecule has 0 saturated carbocycles. The maximum absolute atomic E-state index is 10.7. The zero-order chi connectivity index (χ0) is 13.5. The molecule has 96 valence electrons. The van der Waals surface area contributed by atoms with Crippen molar-refractivity contribution in [2.24, 2.45) is 0 Å². The zero-order valence-electron chi connectivity index (χ0n) is 10.7. The van der Waals surface area contributed by atoms with Gasteiger partial charge >= 0.3 is 0 Å². The van der Waals surface area contributed by atoms with Gasteiger partial charge < -0.3 is 4.90 Å². The molecule has 0 radical (unpaired) electrons. The van der Waals surface area contributed by atoms with Crippen LogP contribution in [0.3, 0.4) is 0 Å². The molecule has 0 heterocycles. The number of anilines is 1. The van der Waals surface area contributed by atoms with E-state index < -0.39 is 4.92 Å². The van der Waals surface area contributed by atoms with Gasteiger partial charge in [0.05, 0.1) is 4.92 Å². The van der Waals surface area contributed by atoms with E-state index in [2.05, 4.69) is 6.92 Å². The van der Waals surface area contributed by atoms with Gasteiger partial charge in [-0.2, -0.15) is 5.26 Å². The Bertz CT molecular complexity index is 466. The highest BCUT2D eigenvalue weighted by atomic mass is 16.6. The fourth-order valence-corrected chi connectivity index (χ4v) is 1.74. The van der Waals surface area contributed by atoms with Gasteiger partial charge in [-0.1, -0.05) is 19.8 Å². The summed E-state index contributed by atoms with van der Waals surface area (Å²) < 4.78 is 0. The second-order valence-corrected chi connectivity index (χ2v) is 4.20. The van der Waals surface area contributed by atoms with Gasteiger partial charge in [0.25, 0.3) is 5.69 Å². The van der Waals surface area contributed by atoms with Crippen LogP contribution < -0.4 is 4.90 Å². The molecule has 0 spiro atoms. The van der Waals surface area contributed by atoms with E-state index in [0.29, 0.717) is 0 Å². The molecule has 0 unspecified atom stereocenters. The van der Waals surface area contributed by atoms with Crippen LogP contribution in [-0.2, 0) is 0 Å². The molecule has 0 N–H and O–H groups in total. The highest BCUT2D eigenvalue weighted by molar-refractivity contribution is 5.59. The normalized spacial score (nSPS) is 9.83. The van der Waals surface area contributed by atoms with Gasteiger partial charge in [-0.3, -0.25) is 10.1 Å². The van der Waals surface area contributed by atoms with E-state index in [0.717, 1.165) is 31.5 Å². The average molecular weight is 247 g/mol. The van der Waals surface area contributed by atoms with Crippen molar-refractivity contribution in [1.82, 2.24) is 0 Å². The van der Waals surface area contributed by atoms with E-state index in [-0.39, 0.29) is 11.3 Å². The van der Waals surface area contributed by atoms with Gasteiger partial charge in [0, 0.05) is 25.3 Å². The SMILES string of the molecule is CCCCCN(C)c1ccc([N+](=O)[O-])c(C#N)c1. The van der Waals surface area contributed by atoms with E-state index >= 15 is 0 Å². The molecule has 1 aromatic carbocycles. The topological polar surface area (TPSA) is 70.2 Å². The van der Waals surface area contributed by atoms with E-state index in [1.54, 1.807) is 12.1 Å². The number of nitro benzene ring substituents is 1. The van der Waals surface area contributed by atoms with Crippen molar-refractivity contribution in [3.05, 3.63) is 33.9 Å². The lowest BCUT2D eigenvalue weighted by atomic mass is 10.1. The Labute approximate surface area is 107 Å². The molecule has 5 nitrogen and oxygen atoms in total. The number of hydrogen-bond acceptors (Lipinski definition) is 4. The third kappa shape index (κ3) is 3.45. The summed E-state index contributed by atoms with van der Waals surface area (Å²) >= 11 is 0. The number of benzene rings is 1. The van der Waals surface area contributed by atoms with Crippen molar-refractivity contribution in [2.45, 2.75) is 26.2 Å². The molecule has 1 aromatic rings. The first-order chi connectivity index (χ1) is 8.60. The molecule has 0 saturated heterocycles. The Balaban J connectivity index is 2.85. The molecular weight excluding hydrogens is 230 g/mol. The highest BCUT2D eigenvalue weighted by Gasteiger charge is 2.14. The van der Waals surface area contributed by atoms with E-state index in [4.69, 9.17) is 5.26 Å². The molecule has 0 aromatic heterocycles. The van der Waals surface area contributed by atoms with Crippen LogP contribution in [0.25, 0.3) is 0 Å². The number of nitriles is 1. The van der Waals surface area contributed by atoms with Gasteiger partial charge in [-0.25, -0.2) is 0 Å². The number of nitro groups is 1. The number of unbranched alkanes of at least 4 members (excludes halogenated alkanes) is 2. The second-order valence-electron chi connectivity index (χ2n) is 4.20. The molecular formula is C13H17N3O2. The van der Waals surface area contributed by atoms with Gasteiger partial charge in [-0.05, 0) is 18.6 Å². The molecule has 0 aliphatic rings. The highest BCUT2D eigenvalue weighted by Crippen LogP contribution is 2.23. The Kier molecular flexibility index (Phi) is 5.12. The van der Waals surface area contributed by atoms with Crippen LogP contribution in [0.4, 0.5) is 11.4 Å². The standard InChI is InChI=1S/C13H17N3O2/c1-3-4-5-8-15(2)12-6-7-13(16(17)18)11(9-12)10-14/h6-7,9H,3-5,8H2,1-2H3. The van der Waals surface area contributed by atoms with Crippen molar-refractivity contribution >= 4 is 11.4 Å². The first kappa shape index (κ1) is 14.0. The average Bonchev–Trinajstić information content (AvgIpc) is 2.37. The summed E-state index contributed by atoms with van der Waals surface area (Å²) in [6.45, 7) is 3.02. The fourth-order valence-electron chi connectivity index (χ4n) is 1.74. The summed E-state index contributed by atoms with van der Waals surface area (Å²) in [4.78, 5) is 12.2. The summed E-state index contributed by atoms with van der Waals surface area (Å²) in [6.07, 6.45) is 3.38. The minimum absolute atomic E-state index is 0.111. The summed E-state index contributed by atoms with van der Waals surface area (Å²) in [5.41, 5.74) is 0.816. The van der Waals surface area contributed by atoms with Crippen molar-refractivity contribution in [3.63, 3.8) is 0 Å². The van der Waals surface area contributed by atoms with Crippen LogP contribution >= 0.6 is 0 Å². The van der Waals surface area contributed by atoms with Crippen molar-refractivity contribution < 1.29 is 4.92 Å². The van der Waals surface area contributed by atoms with E-state index in [9.17, 15) is 10.1 Å². The summed E-state index contributed by atoms with van der Waals surface area (Å²) in [7, 11) is 1.93. The van der Waals surface area contributed by atoms with Crippen LogP contribution in [0, 0.1) is 21.4 Å². The Hall–Kier alpha value is -2.09. The molecule has 1 rings (SSSR count). The smallest absolute Gasteiger partial charge is 0.287 e. The Morgan fingerprint density at radius 3 is 2.72 bits per heavy atom. The van der Waals surface area contributed by atoms with Gasteiger partial charge in [0.2, 0.25) is 0 Å². The molecule has 0 amide bonds. The van der Waals surface area contributed by atoms with Gasteiger partial charge in [0.15, 0.2) is 0 Å². The van der Waals surface area contributed by atoms with Crippen LogP contribution in [0.5, 0.6) is 0 Å². The minimum atomic E-state index is -0.528. The lowest BCUT2D eigenvalue weighted by Crippen LogP contribution is -2.18. The Morgan fingerprint density at radius 2 is 2.17 bits per heavy atom. The summed E-state index contributed by atoms with van der Waals surface area (Å²) in [6, 6.07) is 6.52. The largest absolute Gasteiger partial charge is 0.375 e. The van der Waals surface area contributed by atoms with E-state index in [1.807, 2.05) is 18.0 Å². The predicted molar refractivity (Wildman–Crippen MR) is 70.6 cm³/mol. The molecule has 0 aliphatic heterocycles. The minimum Gasteiger partial charge on any atom is -0.375 e. The van der Waals surface area contributed by atoms with Crippen molar-refractivity contribution in [1.29, 1.82) is 5.26 Å². The third-order valence-corrected chi connectivity index (χ3v) is 2.84. The van der Waals surface area contributed by atoms with Crippen LogP contribution in [0.1, 0.15) is 31.7 Å². The maximum atomic E-state index is 10.7. The number of rotatable bonds is 6. The van der Waals surface area contributed by atoms with Gasteiger partial charge in [-0.15, -0.1) is 0 Å². The quantitative estimate of drug-likeness (QED) is 0.440. The first-order valence-corrected chi connectivity index (χ1v) is 5.99. The van der Waals surface area contributed by atoms with Crippen LogP contribution in [0.15, 0.2) is 18.2 Å². The first-order valence-electron chi connectivity index (χ1n) is 5.99.